The van der Waals surface area contributed by atoms with Crippen molar-refractivity contribution in [3.8, 4) is 0 Å². The number of methoxy groups -OCH3 is 1. The van der Waals surface area contributed by atoms with Gasteiger partial charge >= 0.3 is 0 Å². The third-order valence-electron chi connectivity index (χ3n) is 4.47. The van der Waals surface area contributed by atoms with Crippen LogP contribution in [0.5, 0.6) is 0 Å². The van der Waals surface area contributed by atoms with Crippen LogP contribution in [0.25, 0.3) is 0 Å². The molecule has 2 aliphatic rings. The average Bonchev–Trinajstić information content (AvgIpc) is 3.03. The molecular weight excluding hydrogens is 226 g/mol. The third kappa shape index (κ3) is 3.67. The molecule has 4 heteroatoms. The van der Waals surface area contributed by atoms with Gasteiger partial charge in [-0.2, -0.15) is 0 Å². The molecule has 2 N–H and O–H groups in total. The van der Waals surface area contributed by atoms with Crippen LogP contribution in [-0.2, 0) is 4.74 Å². The van der Waals surface area contributed by atoms with E-state index < -0.39 is 0 Å². The van der Waals surface area contributed by atoms with Crippen molar-refractivity contribution in [3.63, 3.8) is 0 Å². The average molecular weight is 255 g/mol. The molecule has 0 bridgehead atoms. The van der Waals surface area contributed by atoms with Crippen LogP contribution in [0.1, 0.15) is 32.1 Å². The number of ether oxygens (including phenoxy) is 1. The van der Waals surface area contributed by atoms with Gasteiger partial charge in [0.15, 0.2) is 0 Å². The lowest BCUT2D eigenvalue weighted by Crippen LogP contribution is -2.41. The summed E-state index contributed by atoms with van der Waals surface area (Å²) in [5.74, 6) is 0. The minimum absolute atomic E-state index is 0.575. The molecule has 2 fully saturated rings. The van der Waals surface area contributed by atoms with E-state index in [1.807, 2.05) is 7.11 Å². The molecule has 0 aromatic carbocycles. The van der Waals surface area contributed by atoms with Crippen molar-refractivity contribution in [2.75, 3.05) is 46.4 Å². The lowest BCUT2D eigenvalue weighted by molar-refractivity contribution is 0.0934. The Morgan fingerprint density at radius 1 is 1.28 bits per heavy atom. The van der Waals surface area contributed by atoms with Crippen LogP contribution in [0.15, 0.2) is 0 Å². The zero-order valence-electron chi connectivity index (χ0n) is 11.8. The molecule has 2 aliphatic heterocycles. The van der Waals surface area contributed by atoms with Crippen LogP contribution in [0.3, 0.4) is 0 Å². The molecule has 0 saturated carbocycles. The molecule has 2 saturated heterocycles. The normalized spacial score (nSPS) is 28.0. The third-order valence-corrected chi connectivity index (χ3v) is 4.47. The Kier molecular flexibility index (Phi) is 5.89. The molecule has 0 aromatic rings. The molecule has 4 nitrogen and oxygen atoms in total. The minimum Gasteiger partial charge on any atom is -0.383 e. The second-order valence-electron chi connectivity index (χ2n) is 5.72. The molecule has 0 aliphatic carbocycles. The summed E-state index contributed by atoms with van der Waals surface area (Å²) in [5.41, 5.74) is 5.63. The zero-order valence-corrected chi connectivity index (χ0v) is 11.8. The summed E-state index contributed by atoms with van der Waals surface area (Å²) in [6.07, 6.45) is 6.41. The topological polar surface area (TPSA) is 41.7 Å². The Morgan fingerprint density at radius 2 is 2.06 bits per heavy atom. The van der Waals surface area contributed by atoms with Gasteiger partial charge in [-0.05, 0) is 51.7 Å². The van der Waals surface area contributed by atoms with E-state index in [9.17, 15) is 0 Å². The Bertz CT molecular complexity index is 231. The zero-order chi connectivity index (χ0) is 12.8. The molecule has 0 aromatic heterocycles. The Balaban J connectivity index is 1.80. The molecule has 0 radical (unpaired) electrons. The molecule has 2 heterocycles. The summed E-state index contributed by atoms with van der Waals surface area (Å²) in [4.78, 5) is 5.31. The van der Waals surface area contributed by atoms with E-state index in [4.69, 9.17) is 10.5 Å². The summed E-state index contributed by atoms with van der Waals surface area (Å²) < 4.78 is 5.38. The summed E-state index contributed by atoms with van der Waals surface area (Å²) in [6, 6.07) is 1.37. The van der Waals surface area contributed by atoms with Crippen molar-refractivity contribution in [1.82, 2.24) is 9.80 Å². The lowest BCUT2D eigenvalue weighted by atomic mass is 10.1. The molecule has 0 spiro atoms. The lowest BCUT2D eigenvalue weighted by Gasteiger charge is -2.29. The number of hydrogen-bond donors (Lipinski definition) is 1. The van der Waals surface area contributed by atoms with Crippen LogP contribution in [-0.4, -0.2) is 68.3 Å². The molecule has 18 heavy (non-hydrogen) atoms. The highest BCUT2D eigenvalue weighted by molar-refractivity contribution is 4.88. The van der Waals surface area contributed by atoms with Crippen molar-refractivity contribution in [2.24, 2.45) is 5.73 Å². The number of nitrogens with zero attached hydrogens (tertiary/aromatic N) is 2. The summed E-state index contributed by atoms with van der Waals surface area (Å²) >= 11 is 0. The maximum atomic E-state index is 5.63. The first kappa shape index (κ1) is 14.3. The summed E-state index contributed by atoms with van der Waals surface area (Å²) in [7, 11) is 1.81. The van der Waals surface area contributed by atoms with Gasteiger partial charge in [-0.25, -0.2) is 0 Å². The number of nitrogens with two attached hydrogens (primary N) is 1. The number of rotatable bonds is 7. The molecule has 2 rings (SSSR count). The van der Waals surface area contributed by atoms with Crippen molar-refractivity contribution in [2.45, 2.75) is 44.2 Å². The predicted octanol–water partition coefficient (Wildman–Crippen LogP) is 0.910. The van der Waals surface area contributed by atoms with Crippen LogP contribution in [0.4, 0.5) is 0 Å². The van der Waals surface area contributed by atoms with E-state index in [-0.39, 0.29) is 0 Å². The van der Waals surface area contributed by atoms with Gasteiger partial charge < -0.3 is 10.5 Å². The summed E-state index contributed by atoms with van der Waals surface area (Å²) in [5, 5.41) is 0. The second kappa shape index (κ2) is 7.43. The van der Waals surface area contributed by atoms with Crippen LogP contribution < -0.4 is 5.73 Å². The van der Waals surface area contributed by atoms with E-state index in [0.29, 0.717) is 6.04 Å². The SMILES string of the molecule is COCC(CCCN)N1CCC(N2CCCC2)C1. The smallest absolute Gasteiger partial charge is 0.0618 e. The Hall–Kier alpha value is -0.160. The highest BCUT2D eigenvalue weighted by atomic mass is 16.5. The largest absolute Gasteiger partial charge is 0.383 e. The van der Waals surface area contributed by atoms with Gasteiger partial charge in [-0.3, -0.25) is 9.80 Å². The maximum absolute atomic E-state index is 5.63. The number of likely N-dealkylation sites (tertiary alicyclic amines) is 2. The molecule has 2 atom stereocenters. The van der Waals surface area contributed by atoms with Gasteiger partial charge in [0.2, 0.25) is 0 Å². The van der Waals surface area contributed by atoms with Crippen LogP contribution in [0.2, 0.25) is 0 Å². The van der Waals surface area contributed by atoms with Crippen molar-refractivity contribution in [3.05, 3.63) is 0 Å². The van der Waals surface area contributed by atoms with E-state index >= 15 is 0 Å². The maximum Gasteiger partial charge on any atom is 0.0618 e. The van der Waals surface area contributed by atoms with Gasteiger partial charge in [0.1, 0.15) is 0 Å². The molecule has 2 unspecified atom stereocenters. The van der Waals surface area contributed by atoms with Crippen molar-refractivity contribution >= 4 is 0 Å². The van der Waals surface area contributed by atoms with Gasteiger partial charge in [-0.1, -0.05) is 0 Å². The standard InChI is InChI=1S/C14H29N3O/c1-18-12-14(5-4-7-15)17-10-6-13(11-17)16-8-2-3-9-16/h13-14H,2-12,15H2,1H3. The fourth-order valence-electron chi connectivity index (χ4n) is 3.42. The fraction of sp³-hybridized carbons (Fsp3) is 1.00. The van der Waals surface area contributed by atoms with E-state index in [1.165, 1.54) is 51.9 Å². The van der Waals surface area contributed by atoms with Gasteiger partial charge in [-0.15, -0.1) is 0 Å². The molecular formula is C14H29N3O. The highest BCUT2D eigenvalue weighted by Gasteiger charge is 2.32. The highest BCUT2D eigenvalue weighted by Crippen LogP contribution is 2.23. The van der Waals surface area contributed by atoms with Crippen LogP contribution >= 0.6 is 0 Å². The predicted molar refractivity (Wildman–Crippen MR) is 74.7 cm³/mol. The van der Waals surface area contributed by atoms with E-state index in [1.54, 1.807) is 0 Å². The first-order valence-electron chi connectivity index (χ1n) is 7.52. The quantitative estimate of drug-likeness (QED) is 0.734. The van der Waals surface area contributed by atoms with Gasteiger partial charge in [0.25, 0.3) is 0 Å². The van der Waals surface area contributed by atoms with Crippen LogP contribution in [0, 0.1) is 0 Å². The van der Waals surface area contributed by atoms with Gasteiger partial charge in [0.05, 0.1) is 6.61 Å². The first-order valence-corrected chi connectivity index (χ1v) is 7.52. The van der Waals surface area contributed by atoms with Crippen molar-refractivity contribution < 1.29 is 4.74 Å². The second-order valence-corrected chi connectivity index (χ2v) is 5.72. The Morgan fingerprint density at radius 3 is 2.72 bits per heavy atom. The molecule has 106 valence electrons. The number of hydrogen-bond acceptors (Lipinski definition) is 4. The first-order chi connectivity index (χ1) is 8.85. The minimum atomic E-state index is 0.575. The fourth-order valence-corrected chi connectivity index (χ4v) is 3.42. The van der Waals surface area contributed by atoms with E-state index in [2.05, 4.69) is 9.80 Å². The Labute approximate surface area is 111 Å². The van der Waals surface area contributed by atoms with E-state index in [0.717, 1.165) is 25.6 Å². The van der Waals surface area contributed by atoms with Crippen molar-refractivity contribution in [1.29, 1.82) is 0 Å². The van der Waals surface area contributed by atoms with Gasteiger partial charge in [0, 0.05) is 32.3 Å². The monoisotopic (exact) mass is 255 g/mol. The summed E-state index contributed by atoms with van der Waals surface area (Å²) in [6.45, 7) is 6.75. The molecule has 0 amide bonds.